The molecule has 2 N–H and O–H groups in total. The molecule has 2 aromatic carbocycles. The molecule has 26 heavy (non-hydrogen) atoms. The average Bonchev–Trinajstić information content (AvgIpc) is 2.93. The highest BCUT2D eigenvalue weighted by atomic mass is 35.5. The number of halogens is 3. The number of rotatable bonds is 3. The molecule has 1 heterocycles. The second kappa shape index (κ2) is 7.15. The Morgan fingerprint density at radius 1 is 1.15 bits per heavy atom. The van der Waals surface area contributed by atoms with Crippen molar-refractivity contribution in [1.29, 1.82) is 0 Å². The molecule has 6 nitrogen and oxygen atoms in total. The van der Waals surface area contributed by atoms with Gasteiger partial charge in [-0.2, -0.15) is 0 Å². The van der Waals surface area contributed by atoms with Crippen LogP contribution in [0.15, 0.2) is 30.3 Å². The number of nitrogens with one attached hydrogen (secondary N) is 1. The van der Waals surface area contributed by atoms with Gasteiger partial charge in [-0.1, -0.05) is 40.9 Å². The van der Waals surface area contributed by atoms with Gasteiger partial charge in [-0.05, 0) is 30.7 Å². The van der Waals surface area contributed by atoms with Gasteiger partial charge >= 0.3 is 0 Å². The zero-order valence-corrected chi connectivity index (χ0v) is 16.3. The van der Waals surface area contributed by atoms with E-state index in [0.717, 1.165) is 0 Å². The van der Waals surface area contributed by atoms with E-state index >= 15 is 0 Å². The number of phenolic OH excluding ortho intramolecular Hbond substituents is 1. The number of carbonyl (C=O) groups excluding carboxylic acids is 1. The molecule has 0 radical (unpaired) electrons. The summed E-state index contributed by atoms with van der Waals surface area (Å²) in [5, 5.41) is 12.4. The topological polar surface area (TPSA) is 86.7 Å². The second-order valence-corrected chi connectivity index (χ2v) is 8.83. The minimum atomic E-state index is -3.34. The Bertz CT molecular complexity index is 969. The van der Waals surface area contributed by atoms with Crippen LogP contribution in [0.3, 0.4) is 0 Å². The molecule has 0 bridgehead atoms. The van der Waals surface area contributed by atoms with Gasteiger partial charge in [-0.25, -0.2) is 8.42 Å². The fourth-order valence-electron chi connectivity index (χ4n) is 2.65. The van der Waals surface area contributed by atoms with E-state index in [1.807, 2.05) is 0 Å². The van der Waals surface area contributed by atoms with Crippen LogP contribution in [-0.4, -0.2) is 31.7 Å². The van der Waals surface area contributed by atoms with E-state index in [0.29, 0.717) is 24.3 Å². The third-order valence-corrected chi connectivity index (χ3v) is 6.81. The summed E-state index contributed by atoms with van der Waals surface area (Å²) in [6.45, 7) is 0.385. The van der Waals surface area contributed by atoms with Crippen LogP contribution < -0.4 is 9.62 Å². The Kier molecular flexibility index (Phi) is 5.25. The summed E-state index contributed by atoms with van der Waals surface area (Å²) in [6, 6.07) is 7.60. The Labute approximate surface area is 165 Å². The van der Waals surface area contributed by atoms with E-state index in [1.165, 1.54) is 16.4 Å². The molecule has 138 valence electrons. The molecule has 0 unspecified atom stereocenters. The molecule has 2 aromatic rings. The van der Waals surface area contributed by atoms with Gasteiger partial charge in [0.1, 0.15) is 11.3 Å². The number of nitrogens with zero attached hydrogens (tertiary/aromatic N) is 1. The number of anilines is 2. The van der Waals surface area contributed by atoms with Crippen molar-refractivity contribution in [3.8, 4) is 5.75 Å². The van der Waals surface area contributed by atoms with E-state index in [1.54, 1.807) is 18.2 Å². The molecule has 10 heteroatoms. The highest BCUT2D eigenvalue weighted by molar-refractivity contribution is 7.93. The van der Waals surface area contributed by atoms with E-state index in [-0.39, 0.29) is 26.4 Å². The predicted molar refractivity (Wildman–Crippen MR) is 103 cm³/mol. The number of carbonyl (C=O) groups is 1. The van der Waals surface area contributed by atoms with Gasteiger partial charge in [0.2, 0.25) is 10.0 Å². The first-order valence-corrected chi connectivity index (χ1v) is 10.2. The fraction of sp³-hybridized carbons (Fsp3) is 0.188. The minimum absolute atomic E-state index is 0.0246. The molecular formula is C16H13Cl3N2O4S. The molecule has 1 fully saturated rings. The summed E-state index contributed by atoms with van der Waals surface area (Å²) >= 11 is 17.7. The lowest BCUT2D eigenvalue weighted by Gasteiger charge is -2.18. The van der Waals surface area contributed by atoms with Crippen LogP contribution >= 0.6 is 34.8 Å². The maximum absolute atomic E-state index is 12.5. The van der Waals surface area contributed by atoms with Crippen LogP contribution in [0.5, 0.6) is 5.75 Å². The number of hydrogen-bond acceptors (Lipinski definition) is 4. The van der Waals surface area contributed by atoms with Crippen molar-refractivity contribution in [2.45, 2.75) is 6.42 Å². The van der Waals surface area contributed by atoms with E-state index < -0.39 is 21.7 Å². The lowest BCUT2D eigenvalue weighted by molar-refractivity contribution is 0.102. The molecule has 0 atom stereocenters. The number of sulfonamides is 1. The summed E-state index contributed by atoms with van der Waals surface area (Å²) < 4.78 is 25.4. The third-order valence-electron chi connectivity index (χ3n) is 3.86. The standard InChI is InChI=1S/C16H13Cl3N2O4S/c17-11-8-12(18)15(22)13(14(11)19)16(23)20-9-3-1-4-10(7-9)21-5-2-6-26(21,24)25/h1,3-4,7-8,22H,2,5-6H2,(H,20,23). The SMILES string of the molecule is O=C(Nc1cccc(N2CCCS2(=O)=O)c1)c1c(O)c(Cl)cc(Cl)c1Cl. The molecule has 1 aliphatic rings. The highest BCUT2D eigenvalue weighted by Gasteiger charge is 2.28. The second-order valence-electron chi connectivity index (χ2n) is 5.62. The number of amides is 1. The molecule has 1 saturated heterocycles. The highest BCUT2D eigenvalue weighted by Crippen LogP contribution is 2.38. The van der Waals surface area contributed by atoms with Crippen LogP contribution in [0, 0.1) is 0 Å². The van der Waals surface area contributed by atoms with Crippen LogP contribution in [0.1, 0.15) is 16.8 Å². The molecular weight excluding hydrogens is 423 g/mol. The first-order chi connectivity index (χ1) is 12.2. The quantitative estimate of drug-likeness (QED) is 0.709. The Hall–Kier alpha value is -1.67. The Morgan fingerprint density at radius 3 is 2.54 bits per heavy atom. The van der Waals surface area contributed by atoms with Gasteiger partial charge < -0.3 is 10.4 Å². The van der Waals surface area contributed by atoms with Crippen LogP contribution in [0.4, 0.5) is 11.4 Å². The molecule has 3 rings (SSSR count). The fourth-order valence-corrected chi connectivity index (χ4v) is 4.90. The van der Waals surface area contributed by atoms with Gasteiger partial charge in [-0.15, -0.1) is 0 Å². The van der Waals surface area contributed by atoms with E-state index in [4.69, 9.17) is 34.8 Å². The van der Waals surface area contributed by atoms with Crippen molar-refractivity contribution in [2.24, 2.45) is 0 Å². The van der Waals surface area contributed by atoms with Gasteiger partial charge in [0.15, 0.2) is 0 Å². The monoisotopic (exact) mass is 434 g/mol. The van der Waals surface area contributed by atoms with Gasteiger partial charge in [0, 0.05) is 12.2 Å². The van der Waals surface area contributed by atoms with Crippen LogP contribution in [0.25, 0.3) is 0 Å². The Balaban J connectivity index is 1.91. The first kappa shape index (κ1) is 19.1. The van der Waals surface area contributed by atoms with Crippen LogP contribution in [0.2, 0.25) is 15.1 Å². The molecule has 0 spiro atoms. The van der Waals surface area contributed by atoms with Crippen molar-refractivity contribution in [1.82, 2.24) is 0 Å². The summed E-state index contributed by atoms with van der Waals surface area (Å²) in [5.41, 5.74) is 0.518. The first-order valence-electron chi connectivity index (χ1n) is 7.49. The smallest absolute Gasteiger partial charge is 0.261 e. The normalized spacial score (nSPS) is 15.9. The molecule has 1 aliphatic heterocycles. The predicted octanol–water partition coefficient (Wildman–Crippen LogP) is 4.14. The maximum Gasteiger partial charge on any atom is 0.261 e. The maximum atomic E-state index is 12.5. The molecule has 0 aromatic heterocycles. The summed E-state index contributed by atoms with van der Waals surface area (Å²) in [4.78, 5) is 12.5. The number of aromatic hydroxyl groups is 1. The van der Waals surface area contributed by atoms with Gasteiger partial charge in [0.05, 0.1) is 26.5 Å². The lowest BCUT2D eigenvalue weighted by Crippen LogP contribution is -2.25. The third kappa shape index (κ3) is 3.57. The van der Waals surface area contributed by atoms with Crippen molar-refractivity contribution in [3.63, 3.8) is 0 Å². The number of phenols is 1. The van der Waals surface area contributed by atoms with Crippen molar-refractivity contribution >= 4 is 62.1 Å². The minimum Gasteiger partial charge on any atom is -0.505 e. The van der Waals surface area contributed by atoms with Crippen molar-refractivity contribution in [3.05, 3.63) is 51.0 Å². The van der Waals surface area contributed by atoms with E-state index in [2.05, 4.69) is 5.32 Å². The number of hydrogen-bond donors (Lipinski definition) is 2. The molecule has 0 saturated carbocycles. The number of benzene rings is 2. The van der Waals surface area contributed by atoms with Gasteiger partial charge in [0.25, 0.3) is 5.91 Å². The Morgan fingerprint density at radius 2 is 1.88 bits per heavy atom. The average molecular weight is 436 g/mol. The summed E-state index contributed by atoms with van der Waals surface area (Å²) in [6.07, 6.45) is 0.545. The van der Waals surface area contributed by atoms with Crippen molar-refractivity contribution < 1.29 is 18.3 Å². The zero-order valence-electron chi connectivity index (χ0n) is 13.2. The zero-order chi connectivity index (χ0) is 19.1. The largest absolute Gasteiger partial charge is 0.505 e. The van der Waals surface area contributed by atoms with Crippen LogP contribution in [-0.2, 0) is 10.0 Å². The summed E-state index contributed by atoms with van der Waals surface area (Å²) in [7, 11) is -3.34. The lowest BCUT2D eigenvalue weighted by atomic mass is 10.1. The van der Waals surface area contributed by atoms with E-state index in [9.17, 15) is 18.3 Å². The summed E-state index contributed by atoms with van der Waals surface area (Å²) in [5.74, 6) is -1.12. The molecule has 0 aliphatic carbocycles. The van der Waals surface area contributed by atoms with Crippen molar-refractivity contribution in [2.75, 3.05) is 21.9 Å². The van der Waals surface area contributed by atoms with Gasteiger partial charge in [-0.3, -0.25) is 9.10 Å². The molecule has 1 amide bonds.